The van der Waals surface area contributed by atoms with E-state index in [0.717, 1.165) is 17.2 Å². The van der Waals surface area contributed by atoms with Crippen LogP contribution in [0.3, 0.4) is 0 Å². The molecule has 0 aliphatic heterocycles. The van der Waals surface area contributed by atoms with Crippen LogP contribution in [0.15, 0.2) is 30.3 Å². The first-order valence-corrected chi connectivity index (χ1v) is 7.01. The molecule has 2 aromatic rings. The molecule has 0 aliphatic carbocycles. The van der Waals surface area contributed by atoms with Crippen molar-refractivity contribution in [3.8, 4) is 0 Å². The van der Waals surface area contributed by atoms with Gasteiger partial charge in [-0.3, -0.25) is 0 Å². The number of carboxylic acid groups (broad SMARTS) is 1. The summed E-state index contributed by atoms with van der Waals surface area (Å²) in [5.74, 6) is -0.507. The predicted octanol–water partition coefficient (Wildman–Crippen LogP) is 2.90. The van der Waals surface area contributed by atoms with E-state index in [2.05, 4.69) is 10.3 Å². The van der Waals surface area contributed by atoms with E-state index >= 15 is 0 Å². The Morgan fingerprint density at radius 3 is 2.71 bits per heavy atom. The molecule has 0 bridgehead atoms. The molecule has 1 aromatic carbocycles. The predicted molar refractivity (Wildman–Crippen MR) is 82.7 cm³/mol. The van der Waals surface area contributed by atoms with Gasteiger partial charge in [0.1, 0.15) is 5.82 Å². The number of aliphatic hydroxyl groups excluding tert-OH is 1. The fourth-order valence-corrected chi connectivity index (χ4v) is 2.26. The number of aromatic nitrogens is 1. The number of hydrogen-bond acceptors (Lipinski definition) is 4. The summed E-state index contributed by atoms with van der Waals surface area (Å²) in [6, 6.07) is 9.10. The number of nitrogens with zero attached hydrogens (tertiary/aromatic N) is 1. The Morgan fingerprint density at radius 2 is 2.10 bits per heavy atom. The van der Waals surface area contributed by atoms with E-state index in [4.69, 9.17) is 0 Å². The molecule has 0 saturated carbocycles. The Bertz CT molecular complexity index is 657. The lowest BCUT2D eigenvalue weighted by molar-refractivity contribution is 0.0690. The highest BCUT2D eigenvalue weighted by Gasteiger charge is 2.23. The zero-order valence-electron chi connectivity index (χ0n) is 12.3. The fraction of sp³-hybridized carbons (Fsp3) is 0.375. The second-order valence-electron chi connectivity index (χ2n) is 5.40. The van der Waals surface area contributed by atoms with Gasteiger partial charge in [-0.15, -0.1) is 0 Å². The maximum absolute atomic E-state index is 11.2. The van der Waals surface area contributed by atoms with Gasteiger partial charge in [0.05, 0.1) is 0 Å². The van der Waals surface area contributed by atoms with Gasteiger partial charge in [0.2, 0.25) is 0 Å². The first-order valence-electron chi connectivity index (χ1n) is 7.01. The normalized spacial score (nSPS) is 13.9. The first-order chi connectivity index (χ1) is 9.99. The summed E-state index contributed by atoms with van der Waals surface area (Å²) in [5.41, 5.74) is -0.319. The molecule has 0 saturated heterocycles. The van der Waals surface area contributed by atoms with Gasteiger partial charge in [-0.2, -0.15) is 0 Å². The molecule has 0 amide bonds. The Kier molecular flexibility index (Phi) is 4.43. The van der Waals surface area contributed by atoms with Gasteiger partial charge in [-0.1, -0.05) is 31.2 Å². The third kappa shape index (κ3) is 3.31. The number of aromatic carboxylic acids is 1. The smallest absolute Gasteiger partial charge is 0.354 e. The lowest BCUT2D eigenvalue weighted by Gasteiger charge is -2.30. The fourth-order valence-electron chi connectivity index (χ4n) is 2.26. The number of fused-ring (bicyclic) bond motifs is 1. The van der Waals surface area contributed by atoms with Gasteiger partial charge in [0, 0.05) is 17.5 Å². The zero-order chi connectivity index (χ0) is 15.5. The first kappa shape index (κ1) is 15.3. The molecule has 1 atom stereocenters. The van der Waals surface area contributed by atoms with E-state index in [0.29, 0.717) is 12.2 Å². The van der Waals surface area contributed by atoms with Crippen LogP contribution in [0.2, 0.25) is 0 Å². The van der Waals surface area contributed by atoms with Crippen molar-refractivity contribution < 1.29 is 15.0 Å². The zero-order valence-corrected chi connectivity index (χ0v) is 12.3. The van der Waals surface area contributed by atoms with Crippen LogP contribution in [0.25, 0.3) is 10.8 Å². The van der Waals surface area contributed by atoms with Crippen LogP contribution >= 0.6 is 0 Å². The monoisotopic (exact) mass is 288 g/mol. The van der Waals surface area contributed by atoms with Crippen molar-refractivity contribution in [2.45, 2.75) is 32.2 Å². The Balaban J connectivity index is 2.53. The van der Waals surface area contributed by atoms with Crippen molar-refractivity contribution in [2.75, 3.05) is 11.9 Å². The number of carbonyl (C=O) groups is 1. The number of anilines is 1. The SMILES string of the molecule is CCC(C)(CCO)Nc1nc(C(=O)O)cc2ccccc12. The molecule has 1 heterocycles. The van der Waals surface area contributed by atoms with E-state index in [1.807, 2.05) is 38.1 Å². The molecule has 0 spiro atoms. The highest BCUT2D eigenvalue weighted by Crippen LogP contribution is 2.27. The van der Waals surface area contributed by atoms with Crippen LogP contribution in [-0.4, -0.2) is 33.3 Å². The van der Waals surface area contributed by atoms with E-state index in [1.54, 1.807) is 6.07 Å². The van der Waals surface area contributed by atoms with Crippen LogP contribution in [0, 0.1) is 0 Å². The summed E-state index contributed by atoms with van der Waals surface area (Å²) in [6.45, 7) is 4.08. The quantitative estimate of drug-likeness (QED) is 0.761. The van der Waals surface area contributed by atoms with Gasteiger partial charge in [-0.25, -0.2) is 9.78 Å². The molecule has 0 fully saturated rings. The highest BCUT2D eigenvalue weighted by atomic mass is 16.4. The number of carboxylic acids is 1. The van der Waals surface area contributed by atoms with Crippen LogP contribution in [-0.2, 0) is 0 Å². The topological polar surface area (TPSA) is 82.5 Å². The van der Waals surface area contributed by atoms with Gasteiger partial charge in [0.15, 0.2) is 5.69 Å². The average molecular weight is 288 g/mol. The summed E-state index contributed by atoms with van der Waals surface area (Å²) >= 11 is 0. The average Bonchev–Trinajstić information content (AvgIpc) is 2.47. The van der Waals surface area contributed by atoms with Crippen molar-refractivity contribution in [2.24, 2.45) is 0 Å². The second-order valence-corrected chi connectivity index (χ2v) is 5.40. The molecule has 2 rings (SSSR count). The number of benzene rings is 1. The minimum atomic E-state index is -1.05. The van der Waals surface area contributed by atoms with E-state index < -0.39 is 5.97 Å². The number of rotatable bonds is 6. The largest absolute Gasteiger partial charge is 0.477 e. The standard InChI is InChI=1S/C16H20N2O3/c1-3-16(2,8-9-19)18-14-12-7-5-4-6-11(12)10-13(17-14)15(20)21/h4-7,10,19H,3,8-9H2,1-2H3,(H,17,18)(H,20,21). The summed E-state index contributed by atoms with van der Waals surface area (Å²) < 4.78 is 0. The molecule has 3 N–H and O–H groups in total. The second kappa shape index (κ2) is 6.10. The van der Waals surface area contributed by atoms with Crippen LogP contribution in [0.4, 0.5) is 5.82 Å². The van der Waals surface area contributed by atoms with Crippen LogP contribution < -0.4 is 5.32 Å². The number of hydrogen-bond donors (Lipinski definition) is 3. The summed E-state index contributed by atoms with van der Waals surface area (Å²) in [6.07, 6.45) is 1.36. The third-order valence-corrected chi connectivity index (χ3v) is 3.82. The Hall–Kier alpha value is -2.14. The maximum Gasteiger partial charge on any atom is 0.354 e. The van der Waals surface area contributed by atoms with Gasteiger partial charge >= 0.3 is 5.97 Å². The molecular formula is C16H20N2O3. The van der Waals surface area contributed by atoms with Crippen molar-refractivity contribution in [3.63, 3.8) is 0 Å². The highest BCUT2D eigenvalue weighted by molar-refractivity contribution is 5.97. The molecule has 21 heavy (non-hydrogen) atoms. The number of aliphatic hydroxyl groups is 1. The summed E-state index contributed by atoms with van der Waals surface area (Å²) in [5, 5.41) is 23.4. The van der Waals surface area contributed by atoms with Crippen LogP contribution in [0.5, 0.6) is 0 Å². The lowest BCUT2D eigenvalue weighted by Crippen LogP contribution is -2.35. The molecule has 112 valence electrons. The minimum absolute atomic E-state index is 0.0126. The molecule has 1 unspecified atom stereocenters. The number of nitrogens with one attached hydrogen (secondary N) is 1. The van der Waals surface area contributed by atoms with Crippen LogP contribution in [0.1, 0.15) is 37.2 Å². The van der Waals surface area contributed by atoms with E-state index in [-0.39, 0.29) is 17.8 Å². The molecule has 5 nitrogen and oxygen atoms in total. The molecule has 0 radical (unpaired) electrons. The summed E-state index contributed by atoms with van der Waals surface area (Å²) in [7, 11) is 0. The lowest BCUT2D eigenvalue weighted by atomic mass is 9.94. The van der Waals surface area contributed by atoms with E-state index in [1.165, 1.54) is 0 Å². The van der Waals surface area contributed by atoms with Gasteiger partial charge in [0.25, 0.3) is 0 Å². The molecule has 0 aliphatic rings. The van der Waals surface area contributed by atoms with Crippen molar-refractivity contribution in [1.29, 1.82) is 0 Å². The van der Waals surface area contributed by atoms with Crippen molar-refractivity contribution in [3.05, 3.63) is 36.0 Å². The maximum atomic E-state index is 11.2. The van der Waals surface area contributed by atoms with Crippen molar-refractivity contribution >= 4 is 22.6 Å². The third-order valence-electron chi connectivity index (χ3n) is 3.82. The molecular weight excluding hydrogens is 268 g/mol. The Labute approximate surface area is 123 Å². The van der Waals surface area contributed by atoms with Crippen molar-refractivity contribution in [1.82, 2.24) is 4.98 Å². The molecule has 5 heteroatoms. The summed E-state index contributed by atoms with van der Waals surface area (Å²) in [4.78, 5) is 15.5. The number of pyridine rings is 1. The molecule has 1 aromatic heterocycles. The van der Waals surface area contributed by atoms with E-state index in [9.17, 15) is 15.0 Å². The van der Waals surface area contributed by atoms with Gasteiger partial charge in [-0.05, 0) is 31.2 Å². The van der Waals surface area contributed by atoms with Gasteiger partial charge < -0.3 is 15.5 Å². The minimum Gasteiger partial charge on any atom is -0.477 e. The Morgan fingerprint density at radius 1 is 1.38 bits per heavy atom.